The van der Waals surface area contributed by atoms with E-state index in [4.69, 9.17) is 9.47 Å². The van der Waals surface area contributed by atoms with E-state index >= 15 is 0 Å². The number of nitrogens with one attached hydrogen (secondary N) is 1. The van der Waals surface area contributed by atoms with E-state index in [1.165, 1.54) is 0 Å². The number of carbonyl (C=O) groups is 1. The lowest BCUT2D eigenvalue weighted by Gasteiger charge is -2.27. The van der Waals surface area contributed by atoms with Crippen LogP contribution in [0, 0.1) is 5.92 Å². The molecule has 0 saturated carbocycles. The second-order valence-electron chi connectivity index (χ2n) is 6.32. The summed E-state index contributed by atoms with van der Waals surface area (Å²) in [6.07, 6.45) is -0.404. The van der Waals surface area contributed by atoms with Crippen LogP contribution in [0.5, 0.6) is 0 Å². The van der Waals surface area contributed by atoms with Gasteiger partial charge in [-0.3, -0.25) is 0 Å². The standard InChI is InChI=1S/C13H27NO3/c1-10(2)8-16-13(6,7)9-14-11(15)17-12(3,4)5/h10H,8-9H2,1-7H3,(H,14,15). The monoisotopic (exact) mass is 245 g/mol. The topological polar surface area (TPSA) is 47.6 Å². The third-order valence-electron chi connectivity index (χ3n) is 1.86. The maximum atomic E-state index is 11.5. The first-order valence-corrected chi connectivity index (χ1v) is 6.13. The van der Waals surface area contributed by atoms with Crippen molar-refractivity contribution in [2.24, 2.45) is 5.92 Å². The summed E-state index contributed by atoms with van der Waals surface area (Å²) in [5, 5.41) is 2.72. The van der Waals surface area contributed by atoms with E-state index in [0.29, 0.717) is 19.1 Å². The molecular formula is C13H27NO3. The molecule has 0 aromatic heterocycles. The minimum atomic E-state index is -0.465. The van der Waals surface area contributed by atoms with E-state index in [9.17, 15) is 4.79 Å². The fourth-order valence-electron chi connectivity index (χ4n) is 1.04. The summed E-state index contributed by atoms with van der Waals surface area (Å²) in [5.74, 6) is 0.482. The van der Waals surface area contributed by atoms with Crippen molar-refractivity contribution in [3.63, 3.8) is 0 Å². The van der Waals surface area contributed by atoms with Gasteiger partial charge in [-0.05, 0) is 40.5 Å². The molecule has 0 aromatic rings. The normalized spacial score (nSPS) is 12.7. The molecule has 0 radical (unpaired) electrons. The van der Waals surface area contributed by atoms with Crippen LogP contribution in [-0.2, 0) is 9.47 Å². The van der Waals surface area contributed by atoms with Crippen LogP contribution in [0.4, 0.5) is 4.79 Å². The van der Waals surface area contributed by atoms with Gasteiger partial charge in [-0.25, -0.2) is 4.79 Å². The SMILES string of the molecule is CC(C)COC(C)(C)CNC(=O)OC(C)(C)C. The van der Waals surface area contributed by atoms with E-state index in [1.807, 2.05) is 34.6 Å². The van der Waals surface area contributed by atoms with Crippen LogP contribution in [0.3, 0.4) is 0 Å². The van der Waals surface area contributed by atoms with Crippen molar-refractivity contribution in [1.82, 2.24) is 5.32 Å². The lowest BCUT2D eigenvalue weighted by atomic mass is 10.1. The summed E-state index contributed by atoms with van der Waals surface area (Å²) in [6, 6.07) is 0. The first kappa shape index (κ1) is 16.2. The van der Waals surface area contributed by atoms with Gasteiger partial charge in [0.15, 0.2) is 0 Å². The summed E-state index contributed by atoms with van der Waals surface area (Å²) in [6.45, 7) is 14.7. The summed E-state index contributed by atoms with van der Waals surface area (Å²) in [4.78, 5) is 11.5. The van der Waals surface area contributed by atoms with Crippen molar-refractivity contribution < 1.29 is 14.3 Å². The summed E-state index contributed by atoms with van der Waals surface area (Å²) in [5.41, 5.74) is -0.839. The van der Waals surface area contributed by atoms with E-state index in [0.717, 1.165) is 0 Å². The Balaban J connectivity index is 3.96. The molecule has 0 aliphatic rings. The molecular weight excluding hydrogens is 218 g/mol. The number of hydrogen-bond donors (Lipinski definition) is 1. The van der Waals surface area contributed by atoms with Crippen LogP contribution in [0.2, 0.25) is 0 Å². The van der Waals surface area contributed by atoms with Crippen LogP contribution in [0.1, 0.15) is 48.5 Å². The van der Waals surface area contributed by atoms with Gasteiger partial charge in [0.25, 0.3) is 0 Å². The largest absolute Gasteiger partial charge is 0.444 e. The molecule has 0 saturated heterocycles. The number of amides is 1. The van der Waals surface area contributed by atoms with E-state index < -0.39 is 11.7 Å². The first-order valence-electron chi connectivity index (χ1n) is 6.13. The highest BCUT2D eigenvalue weighted by Crippen LogP contribution is 2.11. The Hall–Kier alpha value is -0.770. The Morgan fingerprint density at radius 3 is 2.12 bits per heavy atom. The van der Waals surface area contributed by atoms with E-state index in [1.54, 1.807) is 0 Å². The van der Waals surface area contributed by atoms with Crippen LogP contribution < -0.4 is 5.32 Å². The number of ether oxygens (including phenoxy) is 2. The molecule has 102 valence electrons. The first-order chi connectivity index (χ1) is 7.52. The second-order valence-corrected chi connectivity index (χ2v) is 6.32. The quantitative estimate of drug-likeness (QED) is 0.810. The maximum Gasteiger partial charge on any atom is 0.407 e. The third kappa shape index (κ3) is 10.1. The number of alkyl carbamates (subject to hydrolysis) is 1. The average molecular weight is 245 g/mol. The van der Waals surface area contributed by atoms with Crippen molar-refractivity contribution >= 4 is 6.09 Å². The maximum absolute atomic E-state index is 11.5. The van der Waals surface area contributed by atoms with E-state index in [-0.39, 0.29) is 5.60 Å². The van der Waals surface area contributed by atoms with Crippen LogP contribution in [0.25, 0.3) is 0 Å². The van der Waals surface area contributed by atoms with Crippen molar-refractivity contribution in [1.29, 1.82) is 0 Å². The van der Waals surface area contributed by atoms with Crippen molar-refractivity contribution in [3.8, 4) is 0 Å². The molecule has 0 bridgehead atoms. The molecule has 1 amide bonds. The number of hydrogen-bond acceptors (Lipinski definition) is 3. The zero-order valence-electron chi connectivity index (χ0n) is 12.2. The predicted octanol–water partition coefficient (Wildman–Crippen LogP) is 2.96. The van der Waals surface area contributed by atoms with Crippen molar-refractivity contribution in [2.45, 2.75) is 59.7 Å². The Morgan fingerprint density at radius 2 is 1.71 bits per heavy atom. The molecule has 0 unspecified atom stereocenters. The van der Waals surface area contributed by atoms with Gasteiger partial charge in [0, 0.05) is 13.2 Å². The molecule has 0 spiro atoms. The molecule has 4 heteroatoms. The fraction of sp³-hybridized carbons (Fsp3) is 0.923. The van der Waals surface area contributed by atoms with Crippen LogP contribution in [0.15, 0.2) is 0 Å². The highest BCUT2D eigenvalue weighted by molar-refractivity contribution is 5.67. The predicted molar refractivity (Wildman–Crippen MR) is 69.1 cm³/mol. The van der Waals surface area contributed by atoms with Crippen molar-refractivity contribution in [3.05, 3.63) is 0 Å². The molecule has 0 aliphatic carbocycles. The van der Waals surface area contributed by atoms with Crippen molar-refractivity contribution in [2.75, 3.05) is 13.2 Å². The average Bonchev–Trinajstić information content (AvgIpc) is 2.09. The van der Waals surface area contributed by atoms with Gasteiger partial charge in [-0.1, -0.05) is 13.8 Å². The Kier molecular flexibility index (Phi) is 5.96. The molecule has 4 nitrogen and oxygen atoms in total. The zero-order valence-corrected chi connectivity index (χ0v) is 12.2. The highest BCUT2D eigenvalue weighted by Gasteiger charge is 2.22. The smallest absolute Gasteiger partial charge is 0.407 e. The highest BCUT2D eigenvalue weighted by atomic mass is 16.6. The minimum absolute atomic E-state index is 0.374. The van der Waals surface area contributed by atoms with Crippen LogP contribution in [-0.4, -0.2) is 30.4 Å². The minimum Gasteiger partial charge on any atom is -0.444 e. The second kappa shape index (κ2) is 6.24. The molecule has 17 heavy (non-hydrogen) atoms. The Labute approximate surface area is 105 Å². The summed E-state index contributed by atoms with van der Waals surface area (Å²) in [7, 11) is 0. The molecule has 0 heterocycles. The molecule has 0 aromatic carbocycles. The lowest BCUT2D eigenvalue weighted by Crippen LogP contribution is -2.43. The van der Waals surface area contributed by atoms with Gasteiger partial charge >= 0.3 is 6.09 Å². The number of rotatable bonds is 5. The number of carbonyl (C=O) groups excluding carboxylic acids is 1. The zero-order chi connectivity index (χ0) is 13.7. The lowest BCUT2D eigenvalue weighted by molar-refractivity contribution is -0.0311. The summed E-state index contributed by atoms with van der Waals surface area (Å²) < 4.78 is 10.9. The molecule has 0 fully saturated rings. The van der Waals surface area contributed by atoms with Gasteiger partial charge in [-0.15, -0.1) is 0 Å². The third-order valence-corrected chi connectivity index (χ3v) is 1.86. The Morgan fingerprint density at radius 1 is 1.18 bits per heavy atom. The summed E-state index contributed by atoms with van der Waals surface area (Å²) >= 11 is 0. The molecule has 0 aliphatic heterocycles. The van der Waals surface area contributed by atoms with Crippen LogP contribution >= 0.6 is 0 Å². The van der Waals surface area contributed by atoms with E-state index in [2.05, 4.69) is 19.2 Å². The Bertz CT molecular complexity index is 242. The fourth-order valence-corrected chi connectivity index (χ4v) is 1.04. The van der Waals surface area contributed by atoms with Gasteiger partial charge < -0.3 is 14.8 Å². The van der Waals surface area contributed by atoms with Gasteiger partial charge in [0.1, 0.15) is 5.60 Å². The molecule has 0 atom stereocenters. The van der Waals surface area contributed by atoms with Gasteiger partial charge in [-0.2, -0.15) is 0 Å². The van der Waals surface area contributed by atoms with Gasteiger partial charge in [0.05, 0.1) is 5.60 Å². The molecule has 0 rings (SSSR count). The van der Waals surface area contributed by atoms with Gasteiger partial charge in [0.2, 0.25) is 0 Å². The molecule has 1 N–H and O–H groups in total.